The predicted molar refractivity (Wildman–Crippen MR) is 63.3 cm³/mol. The minimum Gasteiger partial charge on any atom is -0.480 e. The lowest BCUT2D eigenvalue weighted by molar-refractivity contribution is -0.143. The van der Waals surface area contributed by atoms with Crippen LogP contribution in [0.1, 0.15) is 26.7 Å². The lowest BCUT2D eigenvalue weighted by atomic mass is 9.94. The first kappa shape index (κ1) is 15.9. The van der Waals surface area contributed by atoms with Gasteiger partial charge in [0, 0.05) is 6.42 Å². The maximum absolute atomic E-state index is 11.5. The van der Waals surface area contributed by atoms with Crippen LogP contribution in [0.15, 0.2) is 0 Å². The third-order valence-corrected chi connectivity index (χ3v) is 2.43. The van der Waals surface area contributed by atoms with E-state index in [1.165, 1.54) is 0 Å². The van der Waals surface area contributed by atoms with Crippen LogP contribution in [0.3, 0.4) is 0 Å². The van der Waals surface area contributed by atoms with Gasteiger partial charge in [0.2, 0.25) is 5.91 Å². The molecule has 17 heavy (non-hydrogen) atoms. The number of aliphatic carboxylic acids is 1. The number of hydrogen-bond acceptors (Lipinski definition) is 4. The number of carboxylic acids is 1. The van der Waals surface area contributed by atoms with Crippen LogP contribution in [0.25, 0.3) is 0 Å². The molecule has 0 aliphatic carbocycles. The quantitative estimate of drug-likeness (QED) is 0.464. The van der Waals surface area contributed by atoms with Gasteiger partial charge >= 0.3 is 5.97 Å². The number of aliphatic hydroxyl groups excluding tert-OH is 1. The van der Waals surface area contributed by atoms with Gasteiger partial charge in [-0.3, -0.25) is 4.79 Å². The van der Waals surface area contributed by atoms with Crippen molar-refractivity contribution < 1.29 is 19.8 Å². The van der Waals surface area contributed by atoms with E-state index in [2.05, 4.69) is 5.32 Å². The highest BCUT2D eigenvalue weighted by atomic mass is 16.4. The van der Waals surface area contributed by atoms with E-state index in [1.807, 2.05) is 13.8 Å². The first-order valence-electron chi connectivity index (χ1n) is 5.73. The molecule has 100 valence electrons. The van der Waals surface area contributed by atoms with Gasteiger partial charge in [0.25, 0.3) is 0 Å². The monoisotopic (exact) mass is 246 g/mol. The molecule has 0 radical (unpaired) electrons. The minimum atomic E-state index is -1.24. The molecule has 6 nitrogen and oxygen atoms in total. The van der Waals surface area contributed by atoms with Gasteiger partial charge in [-0.15, -0.1) is 0 Å². The lowest BCUT2D eigenvalue weighted by Gasteiger charge is -2.18. The molecule has 0 fully saturated rings. The highest BCUT2D eigenvalue weighted by Gasteiger charge is 2.21. The number of hydrogen-bond donors (Lipinski definition) is 4. The Morgan fingerprint density at radius 2 is 1.94 bits per heavy atom. The van der Waals surface area contributed by atoms with Crippen LogP contribution in [-0.4, -0.2) is 41.3 Å². The van der Waals surface area contributed by atoms with Crippen molar-refractivity contribution in [2.75, 3.05) is 13.2 Å². The largest absolute Gasteiger partial charge is 0.480 e. The number of nitrogens with one attached hydrogen (secondary N) is 1. The number of amides is 1. The number of carbonyl (C=O) groups is 2. The SMILES string of the molecule is CC(C)CC(CN)CC(=O)NC(CO)C(=O)O. The van der Waals surface area contributed by atoms with E-state index in [0.29, 0.717) is 12.5 Å². The van der Waals surface area contributed by atoms with E-state index >= 15 is 0 Å². The Hall–Kier alpha value is -1.14. The van der Waals surface area contributed by atoms with Crippen LogP contribution in [0, 0.1) is 11.8 Å². The van der Waals surface area contributed by atoms with E-state index in [9.17, 15) is 9.59 Å². The van der Waals surface area contributed by atoms with Crippen molar-refractivity contribution in [3.8, 4) is 0 Å². The van der Waals surface area contributed by atoms with Gasteiger partial charge in [-0.25, -0.2) is 4.79 Å². The molecule has 0 aliphatic heterocycles. The van der Waals surface area contributed by atoms with Gasteiger partial charge in [0.1, 0.15) is 6.04 Å². The highest BCUT2D eigenvalue weighted by molar-refractivity contribution is 5.83. The number of nitrogens with two attached hydrogens (primary N) is 1. The van der Waals surface area contributed by atoms with Crippen LogP contribution in [0.4, 0.5) is 0 Å². The zero-order chi connectivity index (χ0) is 13.4. The van der Waals surface area contributed by atoms with E-state index in [0.717, 1.165) is 6.42 Å². The fraction of sp³-hybridized carbons (Fsp3) is 0.818. The van der Waals surface area contributed by atoms with Crippen molar-refractivity contribution in [3.63, 3.8) is 0 Å². The van der Waals surface area contributed by atoms with Gasteiger partial charge in [0.05, 0.1) is 6.61 Å². The van der Waals surface area contributed by atoms with Gasteiger partial charge in [0.15, 0.2) is 0 Å². The Bertz CT molecular complexity index is 256. The molecule has 1 amide bonds. The Morgan fingerprint density at radius 3 is 2.29 bits per heavy atom. The zero-order valence-corrected chi connectivity index (χ0v) is 10.3. The second kappa shape index (κ2) is 8.03. The summed E-state index contributed by atoms with van der Waals surface area (Å²) >= 11 is 0. The summed E-state index contributed by atoms with van der Waals surface area (Å²) in [7, 11) is 0. The van der Waals surface area contributed by atoms with Gasteiger partial charge in [-0.2, -0.15) is 0 Å². The Balaban J connectivity index is 4.18. The number of carbonyl (C=O) groups excluding carboxylic acids is 1. The summed E-state index contributed by atoms with van der Waals surface area (Å²) in [6.45, 7) is 3.85. The first-order chi connectivity index (χ1) is 7.90. The van der Waals surface area contributed by atoms with Crippen molar-refractivity contribution >= 4 is 11.9 Å². The second-order valence-corrected chi connectivity index (χ2v) is 4.58. The molecule has 0 aliphatic rings. The Labute approximate surface area is 101 Å². The summed E-state index contributed by atoms with van der Waals surface area (Å²) in [5, 5.41) is 19.7. The van der Waals surface area contributed by atoms with Crippen LogP contribution < -0.4 is 11.1 Å². The molecule has 0 saturated carbocycles. The van der Waals surface area contributed by atoms with E-state index in [1.54, 1.807) is 0 Å². The fourth-order valence-corrected chi connectivity index (χ4v) is 1.63. The minimum absolute atomic E-state index is 0.0446. The molecule has 0 heterocycles. The number of aliphatic hydroxyl groups is 1. The fourth-order valence-electron chi connectivity index (χ4n) is 1.63. The van der Waals surface area contributed by atoms with Crippen LogP contribution in [0.5, 0.6) is 0 Å². The average molecular weight is 246 g/mol. The molecular formula is C11H22N2O4. The standard InChI is InChI=1S/C11H22N2O4/c1-7(2)3-8(5-12)4-10(15)13-9(6-14)11(16)17/h7-9,14H,3-6,12H2,1-2H3,(H,13,15)(H,16,17). The third kappa shape index (κ3) is 6.91. The summed E-state index contributed by atoms with van der Waals surface area (Å²) in [5.74, 6) is -1.15. The molecule has 0 spiro atoms. The maximum atomic E-state index is 11.5. The van der Waals surface area contributed by atoms with Crippen molar-refractivity contribution in [2.24, 2.45) is 17.6 Å². The molecule has 0 saturated heterocycles. The Morgan fingerprint density at radius 1 is 1.35 bits per heavy atom. The second-order valence-electron chi connectivity index (χ2n) is 4.58. The summed E-state index contributed by atoms with van der Waals surface area (Å²) in [6.07, 6.45) is 1.01. The van der Waals surface area contributed by atoms with Crippen LogP contribution >= 0.6 is 0 Å². The van der Waals surface area contributed by atoms with Crippen molar-refractivity contribution in [2.45, 2.75) is 32.7 Å². The number of rotatable bonds is 8. The molecular weight excluding hydrogens is 224 g/mol. The molecule has 0 bridgehead atoms. The van der Waals surface area contributed by atoms with Gasteiger partial charge < -0.3 is 21.3 Å². The molecule has 6 heteroatoms. The number of carboxylic acid groups (broad SMARTS) is 1. The van der Waals surface area contributed by atoms with Crippen LogP contribution in [-0.2, 0) is 9.59 Å². The summed E-state index contributed by atoms with van der Waals surface area (Å²) in [5.41, 5.74) is 5.55. The molecule has 0 aromatic carbocycles. The lowest BCUT2D eigenvalue weighted by Crippen LogP contribution is -2.44. The topological polar surface area (TPSA) is 113 Å². The molecule has 0 rings (SSSR count). The summed E-state index contributed by atoms with van der Waals surface area (Å²) < 4.78 is 0. The van der Waals surface area contributed by atoms with E-state index < -0.39 is 18.6 Å². The normalized spacial score (nSPS) is 14.4. The highest BCUT2D eigenvalue weighted by Crippen LogP contribution is 2.14. The van der Waals surface area contributed by atoms with Crippen LogP contribution in [0.2, 0.25) is 0 Å². The molecule has 2 atom stereocenters. The van der Waals surface area contributed by atoms with E-state index in [-0.39, 0.29) is 18.2 Å². The maximum Gasteiger partial charge on any atom is 0.328 e. The molecule has 0 aromatic rings. The first-order valence-corrected chi connectivity index (χ1v) is 5.73. The van der Waals surface area contributed by atoms with Crippen molar-refractivity contribution in [1.29, 1.82) is 0 Å². The summed E-state index contributed by atoms with van der Waals surface area (Å²) in [6, 6.07) is -1.24. The molecule has 5 N–H and O–H groups in total. The average Bonchev–Trinajstić information content (AvgIpc) is 2.23. The predicted octanol–water partition coefficient (Wildman–Crippen LogP) is -0.441. The Kier molecular flexibility index (Phi) is 7.49. The summed E-state index contributed by atoms with van der Waals surface area (Å²) in [4.78, 5) is 22.1. The van der Waals surface area contributed by atoms with Gasteiger partial charge in [-0.1, -0.05) is 13.8 Å². The van der Waals surface area contributed by atoms with Crippen molar-refractivity contribution in [3.05, 3.63) is 0 Å². The smallest absolute Gasteiger partial charge is 0.328 e. The van der Waals surface area contributed by atoms with Crippen molar-refractivity contribution in [1.82, 2.24) is 5.32 Å². The molecule has 0 aromatic heterocycles. The zero-order valence-electron chi connectivity index (χ0n) is 10.3. The third-order valence-electron chi connectivity index (χ3n) is 2.43. The van der Waals surface area contributed by atoms with E-state index in [4.69, 9.17) is 15.9 Å². The van der Waals surface area contributed by atoms with Gasteiger partial charge in [-0.05, 0) is 24.8 Å². The molecule has 2 unspecified atom stereocenters.